The standard InChI is InChI=1S/C17H18BrN3O4/c1-11(12-3-8-16(25-2)15(18)9-12)19-10-17(22)20-13-4-6-14(7-5-13)21(23)24/h3-9,11,19H,10H2,1-2H3,(H,20,22)/t11-/m1/s1. The minimum atomic E-state index is -0.484. The summed E-state index contributed by atoms with van der Waals surface area (Å²) in [5.41, 5.74) is 1.50. The van der Waals surface area contributed by atoms with E-state index in [1.807, 2.05) is 25.1 Å². The molecule has 0 saturated heterocycles. The highest BCUT2D eigenvalue weighted by atomic mass is 79.9. The molecule has 2 aromatic carbocycles. The van der Waals surface area contributed by atoms with E-state index in [4.69, 9.17) is 4.74 Å². The number of anilines is 1. The van der Waals surface area contributed by atoms with Gasteiger partial charge >= 0.3 is 0 Å². The van der Waals surface area contributed by atoms with Gasteiger partial charge in [-0.25, -0.2) is 0 Å². The van der Waals surface area contributed by atoms with Crippen molar-refractivity contribution in [1.29, 1.82) is 0 Å². The Morgan fingerprint density at radius 1 is 1.28 bits per heavy atom. The van der Waals surface area contributed by atoms with Crippen LogP contribution in [0.1, 0.15) is 18.5 Å². The molecular formula is C17H18BrN3O4. The minimum absolute atomic E-state index is 0.0187. The molecule has 2 rings (SSSR count). The van der Waals surface area contributed by atoms with Gasteiger partial charge < -0.3 is 15.4 Å². The molecule has 0 aliphatic heterocycles. The number of methoxy groups -OCH3 is 1. The summed E-state index contributed by atoms with van der Waals surface area (Å²) in [7, 11) is 1.60. The molecule has 1 amide bonds. The molecule has 0 aromatic heterocycles. The monoisotopic (exact) mass is 407 g/mol. The predicted molar refractivity (Wildman–Crippen MR) is 98.8 cm³/mol. The average molecular weight is 408 g/mol. The summed E-state index contributed by atoms with van der Waals surface area (Å²) in [5.74, 6) is 0.514. The number of benzene rings is 2. The van der Waals surface area contributed by atoms with Crippen LogP contribution in [-0.2, 0) is 4.79 Å². The number of halogens is 1. The molecule has 132 valence electrons. The molecule has 0 fully saturated rings. The van der Waals surface area contributed by atoms with Gasteiger partial charge in [0.1, 0.15) is 5.75 Å². The molecule has 2 aromatic rings. The SMILES string of the molecule is COc1ccc([C@@H](C)NCC(=O)Nc2ccc([N+](=O)[O-])cc2)cc1Br. The van der Waals surface area contributed by atoms with Crippen molar-refractivity contribution >= 4 is 33.2 Å². The van der Waals surface area contributed by atoms with Crippen LogP contribution in [0.5, 0.6) is 5.75 Å². The van der Waals surface area contributed by atoms with Gasteiger partial charge in [-0.1, -0.05) is 6.07 Å². The normalized spacial score (nSPS) is 11.6. The van der Waals surface area contributed by atoms with Crippen molar-refractivity contribution in [1.82, 2.24) is 5.32 Å². The van der Waals surface area contributed by atoms with Crippen LogP contribution >= 0.6 is 15.9 Å². The Hall–Kier alpha value is -2.45. The summed E-state index contributed by atoms with van der Waals surface area (Å²) in [6, 6.07) is 11.4. The topological polar surface area (TPSA) is 93.5 Å². The highest BCUT2D eigenvalue weighted by Crippen LogP contribution is 2.27. The first-order valence-electron chi connectivity index (χ1n) is 7.52. The second-order valence-electron chi connectivity index (χ2n) is 5.35. The van der Waals surface area contributed by atoms with E-state index in [9.17, 15) is 14.9 Å². The number of carbonyl (C=O) groups is 1. The van der Waals surface area contributed by atoms with Gasteiger partial charge in [-0.05, 0) is 52.7 Å². The van der Waals surface area contributed by atoms with Crippen molar-refractivity contribution in [3.8, 4) is 5.75 Å². The van der Waals surface area contributed by atoms with E-state index in [0.29, 0.717) is 5.69 Å². The van der Waals surface area contributed by atoms with Gasteiger partial charge in [0, 0.05) is 23.9 Å². The first-order chi connectivity index (χ1) is 11.9. The number of carbonyl (C=O) groups excluding carboxylic acids is 1. The molecule has 0 spiro atoms. The number of nitrogens with zero attached hydrogens (tertiary/aromatic N) is 1. The third kappa shape index (κ3) is 5.27. The summed E-state index contributed by atoms with van der Waals surface area (Å²) in [4.78, 5) is 22.1. The first-order valence-corrected chi connectivity index (χ1v) is 8.31. The molecular weight excluding hydrogens is 390 g/mol. The Balaban J connectivity index is 1.88. The zero-order valence-corrected chi connectivity index (χ0v) is 15.4. The van der Waals surface area contributed by atoms with Crippen LogP contribution in [0.4, 0.5) is 11.4 Å². The molecule has 8 heteroatoms. The molecule has 0 aliphatic rings. The fraction of sp³-hybridized carbons (Fsp3) is 0.235. The summed E-state index contributed by atoms with van der Waals surface area (Å²) in [6.45, 7) is 2.06. The number of non-ortho nitro benzene ring substituents is 1. The summed E-state index contributed by atoms with van der Waals surface area (Å²) in [5, 5.41) is 16.4. The Kier molecular flexibility index (Phi) is 6.49. The zero-order valence-electron chi connectivity index (χ0n) is 13.8. The Morgan fingerprint density at radius 3 is 2.52 bits per heavy atom. The lowest BCUT2D eigenvalue weighted by Crippen LogP contribution is -2.30. The number of nitro benzene ring substituents is 1. The molecule has 0 radical (unpaired) electrons. The number of nitrogens with one attached hydrogen (secondary N) is 2. The van der Waals surface area contributed by atoms with E-state index < -0.39 is 4.92 Å². The van der Waals surface area contributed by atoms with Crippen LogP contribution in [0.3, 0.4) is 0 Å². The van der Waals surface area contributed by atoms with Gasteiger partial charge in [0.15, 0.2) is 0 Å². The third-order valence-electron chi connectivity index (χ3n) is 3.61. The molecule has 7 nitrogen and oxygen atoms in total. The smallest absolute Gasteiger partial charge is 0.269 e. The molecule has 2 N–H and O–H groups in total. The van der Waals surface area contributed by atoms with Crippen molar-refractivity contribution in [3.63, 3.8) is 0 Å². The van der Waals surface area contributed by atoms with Crippen molar-refractivity contribution in [2.45, 2.75) is 13.0 Å². The number of amides is 1. The van der Waals surface area contributed by atoms with Gasteiger partial charge in [0.2, 0.25) is 5.91 Å². The lowest BCUT2D eigenvalue weighted by Gasteiger charge is -2.15. The highest BCUT2D eigenvalue weighted by molar-refractivity contribution is 9.10. The largest absolute Gasteiger partial charge is 0.496 e. The van der Waals surface area contributed by atoms with E-state index in [1.54, 1.807) is 7.11 Å². The van der Waals surface area contributed by atoms with E-state index in [1.165, 1.54) is 24.3 Å². The summed E-state index contributed by atoms with van der Waals surface area (Å²) < 4.78 is 6.04. The molecule has 0 heterocycles. The van der Waals surface area contributed by atoms with E-state index in [0.717, 1.165) is 15.8 Å². The number of hydrogen-bond donors (Lipinski definition) is 2. The van der Waals surface area contributed by atoms with Gasteiger partial charge in [-0.15, -0.1) is 0 Å². The zero-order chi connectivity index (χ0) is 18.4. The number of nitro groups is 1. The highest BCUT2D eigenvalue weighted by Gasteiger charge is 2.11. The second kappa shape index (κ2) is 8.59. The number of rotatable bonds is 7. The lowest BCUT2D eigenvalue weighted by molar-refractivity contribution is -0.384. The molecule has 25 heavy (non-hydrogen) atoms. The lowest BCUT2D eigenvalue weighted by atomic mass is 10.1. The van der Waals surface area contributed by atoms with Crippen molar-refractivity contribution in [3.05, 3.63) is 62.6 Å². The predicted octanol–water partition coefficient (Wildman–Crippen LogP) is 3.66. The van der Waals surface area contributed by atoms with E-state index in [2.05, 4.69) is 26.6 Å². The van der Waals surface area contributed by atoms with E-state index >= 15 is 0 Å². The second-order valence-corrected chi connectivity index (χ2v) is 6.20. The number of hydrogen-bond acceptors (Lipinski definition) is 5. The maximum absolute atomic E-state index is 12.0. The van der Waals surface area contributed by atoms with E-state index in [-0.39, 0.29) is 24.2 Å². The third-order valence-corrected chi connectivity index (χ3v) is 4.23. The average Bonchev–Trinajstić information content (AvgIpc) is 2.60. The van der Waals surface area contributed by atoms with Gasteiger partial charge in [-0.3, -0.25) is 14.9 Å². The first kappa shape index (κ1) is 18.9. The summed E-state index contributed by atoms with van der Waals surface area (Å²) in [6.07, 6.45) is 0. The van der Waals surface area contributed by atoms with Crippen molar-refractivity contribution in [2.75, 3.05) is 19.0 Å². The van der Waals surface area contributed by atoms with Crippen LogP contribution in [0.15, 0.2) is 46.9 Å². The maximum Gasteiger partial charge on any atom is 0.269 e. The minimum Gasteiger partial charge on any atom is -0.496 e. The van der Waals surface area contributed by atoms with Gasteiger partial charge in [0.05, 0.1) is 23.1 Å². The number of ether oxygens (including phenoxy) is 1. The van der Waals surface area contributed by atoms with Gasteiger partial charge in [-0.2, -0.15) is 0 Å². The van der Waals surface area contributed by atoms with Crippen molar-refractivity contribution in [2.24, 2.45) is 0 Å². The van der Waals surface area contributed by atoms with Crippen LogP contribution in [0, 0.1) is 10.1 Å². The Labute approximate surface area is 153 Å². The quantitative estimate of drug-likeness (QED) is 0.539. The van der Waals surface area contributed by atoms with Crippen LogP contribution < -0.4 is 15.4 Å². The maximum atomic E-state index is 12.0. The Morgan fingerprint density at radius 2 is 1.96 bits per heavy atom. The summed E-state index contributed by atoms with van der Waals surface area (Å²) >= 11 is 3.44. The fourth-order valence-corrected chi connectivity index (χ4v) is 2.75. The Bertz CT molecular complexity index is 765. The van der Waals surface area contributed by atoms with Crippen LogP contribution in [-0.4, -0.2) is 24.5 Å². The van der Waals surface area contributed by atoms with Crippen LogP contribution in [0.2, 0.25) is 0 Å². The molecule has 0 bridgehead atoms. The van der Waals surface area contributed by atoms with Crippen LogP contribution in [0.25, 0.3) is 0 Å². The molecule has 0 aliphatic carbocycles. The molecule has 1 atom stereocenters. The van der Waals surface area contributed by atoms with Gasteiger partial charge in [0.25, 0.3) is 5.69 Å². The fourth-order valence-electron chi connectivity index (χ4n) is 2.19. The molecule has 0 unspecified atom stereocenters. The molecule has 0 saturated carbocycles. The van der Waals surface area contributed by atoms with Crippen molar-refractivity contribution < 1.29 is 14.5 Å².